The average Bonchev–Trinajstić information content (AvgIpc) is 2.68. The third kappa shape index (κ3) is 4.01. The van der Waals surface area contributed by atoms with Crippen LogP contribution in [0.4, 0.5) is 23.2 Å². The highest BCUT2D eigenvalue weighted by atomic mass is 19.2. The molecule has 0 fully saturated rings. The van der Waals surface area contributed by atoms with Crippen LogP contribution in [0.25, 0.3) is 0 Å². The maximum atomic E-state index is 13.9. The monoisotopic (exact) mass is 395 g/mol. The first-order valence-corrected chi connectivity index (χ1v) is 8.08. The van der Waals surface area contributed by atoms with Gasteiger partial charge in [-0.3, -0.25) is 14.4 Å². The van der Waals surface area contributed by atoms with Gasteiger partial charge in [-0.05, 0) is 5.56 Å². The first kappa shape index (κ1) is 19.5. The minimum absolute atomic E-state index is 0.0113. The number of amides is 2. The van der Waals surface area contributed by atoms with Crippen molar-refractivity contribution in [2.24, 2.45) is 5.10 Å². The van der Waals surface area contributed by atoms with Gasteiger partial charge in [-0.25, -0.2) is 23.0 Å². The Morgan fingerprint density at radius 3 is 2.36 bits per heavy atom. The number of hydrogen-bond donors (Lipinski definition) is 1. The molecule has 28 heavy (non-hydrogen) atoms. The van der Waals surface area contributed by atoms with E-state index < -0.39 is 40.8 Å². The summed E-state index contributed by atoms with van der Waals surface area (Å²) in [4.78, 5) is 29.1. The number of rotatable bonds is 5. The Balaban J connectivity index is 1.78. The lowest BCUT2D eigenvalue weighted by Crippen LogP contribution is -2.39. The molecule has 1 N–H and O–H groups in total. The standard InChI is InChI=1S/C18H13F4N3O3/c19-11-8-12(20)16(22)17(15(11)21)25-14(26)7-6-13(23-25)18(27)24-28-9-10-4-2-1-3-5-10/h1-5,8H,6-7,9H2,(H,24,27). The fourth-order valence-corrected chi connectivity index (χ4v) is 2.46. The fraction of sp³-hybridized carbons (Fsp3) is 0.167. The van der Waals surface area contributed by atoms with Crippen molar-refractivity contribution in [3.8, 4) is 0 Å². The highest BCUT2D eigenvalue weighted by Crippen LogP contribution is 2.30. The maximum absolute atomic E-state index is 13.9. The number of benzene rings is 2. The quantitative estimate of drug-likeness (QED) is 0.481. The normalized spacial score (nSPS) is 14.1. The van der Waals surface area contributed by atoms with Crippen LogP contribution >= 0.6 is 0 Å². The molecule has 0 aliphatic carbocycles. The molecule has 0 saturated heterocycles. The lowest BCUT2D eigenvalue weighted by Gasteiger charge is -2.24. The fourth-order valence-electron chi connectivity index (χ4n) is 2.46. The Bertz CT molecular complexity index is 925. The summed E-state index contributed by atoms with van der Waals surface area (Å²) in [7, 11) is 0. The zero-order valence-electron chi connectivity index (χ0n) is 14.2. The van der Waals surface area contributed by atoms with E-state index in [4.69, 9.17) is 4.84 Å². The molecule has 0 atom stereocenters. The molecule has 0 spiro atoms. The molecular weight excluding hydrogens is 382 g/mol. The van der Waals surface area contributed by atoms with Gasteiger partial charge in [-0.1, -0.05) is 30.3 Å². The molecule has 146 valence electrons. The molecule has 1 aliphatic heterocycles. The van der Waals surface area contributed by atoms with Crippen molar-refractivity contribution in [2.75, 3.05) is 5.01 Å². The predicted octanol–water partition coefficient (Wildman–Crippen LogP) is 2.97. The summed E-state index contributed by atoms with van der Waals surface area (Å²) in [6.45, 7) is 0.0425. The summed E-state index contributed by atoms with van der Waals surface area (Å²) in [5, 5.41) is 3.70. The molecule has 2 aromatic rings. The Morgan fingerprint density at radius 1 is 1.07 bits per heavy atom. The lowest BCUT2D eigenvalue weighted by molar-refractivity contribution is -0.127. The van der Waals surface area contributed by atoms with Gasteiger partial charge >= 0.3 is 0 Å². The van der Waals surface area contributed by atoms with Crippen molar-refractivity contribution in [1.29, 1.82) is 0 Å². The van der Waals surface area contributed by atoms with E-state index in [1.165, 1.54) is 0 Å². The van der Waals surface area contributed by atoms with Crippen LogP contribution in [0.5, 0.6) is 0 Å². The molecule has 0 unspecified atom stereocenters. The van der Waals surface area contributed by atoms with Crippen molar-refractivity contribution in [3.05, 3.63) is 65.2 Å². The number of nitrogens with zero attached hydrogens (tertiary/aromatic N) is 2. The van der Waals surface area contributed by atoms with E-state index in [1.807, 2.05) is 0 Å². The minimum atomic E-state index is -1.79. The molecular formula is C18H13F4N3O3. The molecule has 2 aromatic carbocycles. The Morgan fingerprint density at radius 2 is 1.71 bits per heavy atom. The molecule has 0 radical (unpaired) electrons. The number of hydrazone groups is 1. The molecule has 0 aromatic heterocycles. The number of nitrogens with one attached hydrogen (secondary N) is 1. The zero-order chi connectivity index (χ0) is 20.3. The molecule has 0 saturated carbocycles. The van der Waals surface area contributed by atoms with Gasteiger partial charge in [0.1, 0.15) is 11.4 Å². The second-order valence-corrected chi connectivity index (χ2v) is 5.77. The summed E-state index contributed by atoms with van der Waals surface area (Å²) in [6, 6.07) is 8.88. The third-order valence-corrected chi connectivity index (χ3v) is 3.84. The van der Waals surface area contributed by atoms with E-state index in [1.54, 1.807) is 30.3 Å². The average molecular weight is 395 g/mol. The number of carbonyl (C=O) groups is 2. The Labute approximate surface area is 156 Å². The lowest BCUT2D eigenvalue weighted by atomic mass is 10.1. The number of hydroxylamine groups is 1. The molecule has 2 amide bonds. The van der Waals surface area contributed by atoms with Gasteiger partial charge in [0.05, 0.1) is 6.61 Å². The number of carbonyl (C=O) groups excluding carboxylic acids is 2. The van der Waals surface area contributed by atoms with Gasteiger partial charge in [0, 0.05) is 18.9 Å². The topological polar surface area (TPSA) is 71.0 Å². The molecule has 1 heterocycles. The van der Waals surface area contributed by atoms with Gasteiger partial charge in [-0.15, -0.1) is 0 Å². The van der Waals surface area contributed by atoms with E-state index in [9.17, 15) is 27.2 Å². The van der Waals surface area contributed by atoms with Gasteiger partial charge in [-0.2, -0.15) is 10.1 Å². The van der Waals surface area contributed by atoms with Crippen molar-refractivity contribution >= 4 is 23.2 Å². The minimum Gasteiger partial charge on any atom is -0.273 e. The zero-order valence-corrected chi connectivity index (χ0v) is 14.2. The largest absolute Gasteiger partial charge is 0.291 e. The van der Waals surface area contributed by atoms with Crippen LogP contribution in [0.1, 0.15) is 18.4 Å². The van der Waals surface area contributed by atoms with E-state index in [2.05, 4.69) is 10.6 Å². The van der Waals surface area contributed by atoms with Crippen LogP contribution in [0, 0.1) is 23.3 Å². The van der Waals surface area contributed by atoms with Crippen LogP contribution in [0.3, 0.4) is 0 Å². The summed E-state index contributed by atoms with van der Waals surface area (Å²) >= 11 is 0. The highest BCUT2D eigenvalue weighted by molar-refractivity contribution is 6.40. The number of anilines is 1. The summed E-state index contributed by atoms with van der Waals surface area (Å²) < 4.78 is 54.7. The van der Waals surface area contributed by atoms with Crippen molar-refractivity contribution < 1.29 is 32.0 Å². The van der Waals surface area contributed by atoms with Crippen molar-refractivity contribution in [2.45, 2.75) is 19.4 Å². The maximum Gasteiger partial charge on any atom is 0.291 e. The van der Waals surface area contributed by atoms with Gasteiger partial charge < -0.3 is 0 Å². The SMILES string of the molecule is O=C(NOCc1ccccc1)C1=NN(c2c(F)c(F)cc(F)c2F)C(=O)CC1. The predicted molar refractivity (Wildman–Crippen MR) is 89.8 cm³/mol. The number of halogens is 4. The summed E-state index contributed by atoms with van der Waals surface area (Å²) in [5.41, 5.74) is 1.25. The Hall–Kier alpha value is -3.27. The van der Waals surface area contributed by atoms with Crippen molar-refractivity contribution in [1.82, 2.24) is 5.48 Å². The molecule has 3 rings (SSSR count). The van der Waals surface area contributed by atoms with Crippen LogP contribution in [0.2, 0.25) is 0 Å². The van der Waals surface area contributed by atoms with Crippen LogP contribution in [-0.4, -0.2) is 17.5 Å². The van der Waals surface area contributed by atoms with Gasteiger partial charge in [0.2, 0.25) is 5.91 Å². The van der Waals surface area contributed by atoms with Crippen LogP contribution in [0.15, 0.2) is 41.5 Å². The second kappa shape index (κ2) is 8.17. The van der Waals surface area contributed by atoms with Crippen molar-refractivity contribution in [3.63, 3.8) is 0 Å². The van der Waals surface area contributed by atoms with Crippen LogP contribution in [-0.2, 0) is 21.0 Å². The second-order valence-electron chi connectivity index (χ2n) is 5.77. The molecule has 1 aliphatic rings. The smallest absolute Gasteiger partial charge is 0.273 e. The van der Waals surface area contributed by atoms with Crippen LogP contribution < -0.4 is 10.5 Å². The summed E-state index contributed by atoms with van der Waals surface area (Å²) in [5.74, 6) is -8.76. The number of hydrogen-bond acceptors (Lipinski definition) is 4. The molecule has 10 heteroatoms. The first-order valence-electron chi connectivity index (χ1n) is 8.08. The van der Waals surface area contributed by atoms with E-state index >= 15 is 0 Å². The van der Waals surface area contributed by atoms with E-state index in [-0.39, 0.29) is 36.2 Å². The first-order chi connectivity index (χ1) is 13.4. The van der Waals surface area contributed by atoms with Gasteiger partial charge in [0.25, 0.3) is 5.91 Å². The Kier molecular flexibility index (Phi) is 5.69. The highest BCUT2D eigenvalue weighted by Gasteiger charge is 2.32. The molecule has 0 bridgehead atoms. The summed E-state index contributed by atoms with van der Waals surface area (Å²) in [6.07, 6.45) is -0.487. The third-order valence-electron chi connectivity index (χ3n) is 3.84. The molecule has 6 nitrogen and oxygen atoms in total. The van der Waals surface area contributed by atoms with E-state index in [0.29, 0.717) is 0 Å². The van der Waals surface area contributed by atoms with Gasteiger partial charge in [0.15, 0.2) is 23.3 Å². The van der Waals surface area contributed by atoms with E-state index in [0.717, 1.165) is 5.56 Å².